The maximum atomic E-state index is 12.2. The van der Waals surface area contributed by atoms with E-state index >= 15 is 0 Å². The van der Waals surface area contributed by atoms with Crippen molar-refractivity contribution in [2.24, 2.45) is 16.9 Å². The molecule has 5 heteroatoms. The predicted molar refractivity (Wildman–Crippen MR) is 78.9 cm³/mol. The average Bonchev–Trinajstić information content (AvgIpc) is 2.36. The number of hydrogen-bond donors (Lipinski definition) is 2. The summed E-state index contributed by atoms with van der Waals surface area (Å²) in [5.41, 5.74) is 12.2. The van der Waals surface area contributed by atoms with Crippen molar-refractivity contribution in [1.29, 1.82) is 0 Å². The van der Waals surface area contributed by atoms with Gasteiger partial charge in [-0.15, -0.1) is 0 Å². The van der Waals surface area contributed by atoms with Gasteiger partial charge in [0, 0.05) is 19.2 Å². The fourth-order valence-electron chi connectivity index (χ4n) is 1.73. The first-order valence-electron chi connectivity index (χ1n) is 6.52. The molecule has 5 nitrogen and oxygen atoms in total. The molecular formula is C15H23N3O2. The molecule has 0 spiro atoms. The standard InChI is InChI=1S/C15H23N3O2/c1-15(2,3)12(16)14(20)18(4)9-10-5-7-11(8-6-10)13(17)19/h5-8,12H,9,16H2,1-4H3,(H2,17,19)/t12-/m0/s1. The van der Waals surface area contributed by atoms with Crippen LogP contribution in [0.3, 0.4) is 0 Å². The molecule has 0 bridgehead atoms. The van der Waals surface area contributed by atoms with Crippen molar-refractivity contribution in [3.63, 3.8) is 0 Å². The summed E-state index contributed by atoms with van der Waals surface area (Å²) in [5.74, 6) is -0.563. The van der Waals surface area contributed by atoms with E-state index in [4.69, 9.17) is 11.5 Å². The van der Waals surface area contributed by atoms with Crippen LogP contribution < -0.4 is 11.5 Å². The Hall–Kier alpha value is -1.88. The second-order valence-electron chi connectivity index (χ2n) is 6.10. The van der Waals surface area contributed by atoms with E-state index in [0.29, 0.717) is 12.1 Å². The number of hydrogen-bond acceptors (Lipinski definition) is 3. The molecule has 0 aliphatic rings. The maximum Gasteiger partial charge on any atom is 0.248 e. The number of nitrogens with two attached hydrogens (primary N) is 2. The number of benzene rings is 1. The summed E-state index contributed by atoms with van der Waals surface area (Å²) >= 11 is 0. The van der Waals surface area contributed by atoms with Gasteiger partial charge in [0.1, 0.15) is 0 Å². The molecule has 1 rings (SSSR count). The van der Waals surface area contributed by atoms with Crippen molar-refractivity contribution in [2.75, 3.05) is 7.05 Å². The number of likely N-dealkylation sites (N-methyl/N-ethyl adjacent to an activating group) is 1. The number of rotatable bonds is 4. The van der Waals surface area contributed by atoms with Gasteiger partial charge in [0.05, 0.1) is 6.04 Å². The molecule has 0 aliphatic carbocycles. The predicted octanol–water partition coefficient (Wildman–Crippen LogP) is 1.12. The van der Waals surface area contributed by atoms with Gasteiger partial charge in [-0.05, 0) is 23.1 Å². The lowest BCUT2D eigenvalue weighted by atomic mass is 9.86. The molecule has 2 amide bonds. The Morgan fingerprint density at radius 2 is 1.70 bits per heavy atom. The smallest absolute Gasteiger partial charge is 0.248 e. The lowest BCUT2D eigenvalue weighted by molar-refractivity contribution is -0.134. The van der Waals surface area contributed by atoms with Crippen LogP contribution in [0, 0.1) is 5.41 Å². The van der Waals surface area contributed by atoms with Crippen LogP contribution in [0.5, 0.6) is 0 Å². The molecule has 1 aromatic rings. The van der Waals surface area contributed by atoms with Crippen LogP contribution in [0.2, 0.25) is 0 Å². The second-order valence-corrected chi connectivity index (χ2v) is 6.10. The van der Waals surface area contributed by atoms with Crippen molar-refractivity contribution < 1.29 is 9.59 Å². The Morgan fingerprint density at radius 1 is 1.20 bits per heavy atom. The first-order chi connectivity index (χ1) is 9.12. The van der Waals surface area contributed by atoms with E-state index in [1.54, 1.807) is 36.2 Å². The monoisotopic (exact) mass is 277 g/mol. The summed E-state index contributed by atoms with van der Waals surface area (Å²) in [7, 11) is 1.72. The largest absolute Gasteiger partial charge is 0.366 e. The van der Waals surface area contributed by atoms with E-state index in [1.807, 2.05) is 20.8 Å². The van der Waals surface area contributed by atoms with Gasteiger partial charge in [0.25, 0.3) is 0 Å². The molecule has 0 aliphatic heterocycles. The Balaban J connectivity index is 2.73. The molecule has 0 radical (unpaired) electrons. The normalized spacial score (nSPS) is 12.8. The summed E-state index contributed by atoms with van der Waals surface area (Å²) in [6, 6.07) is 6.33. The number of nitrogens with zero attached hydrogens (tertiary/aromatic N) is 1. The minimum Gasteiger partial charge on any atom is -0.366 e. The first kappa shape index (κ1) is 16.2. The molecule has 20 heavy (non-hydrogen) atoms. The fraction of sp³-hybridized carbons (Fsp3) is 0.467. The third-order valence-electron chi connectivity index (χ3n) is 3.23. The van der Waals surface area contributed by atoms with Crippen LogP contribution in [-0.2, 0) is 11.3 Å². The Labute approximate surface area is 119 Å². The zero-order valence-electron chi connectivity index (χ0n) is 12.5. The summed E-state index contributed by atoms with van der Waals surface area (Å²) in [6.45, 7) is 6.25. The number of carbonyl (C=O) groups excluding carboxylic acids is 2. The highest BCUT2D eigenvalue weighted by molar-refractivity contribution is 5.92. The first-order valence-corrected chi connectivity index (χ1v) is 6.52. The van der Waals surface area contributed by atoms with Crippen molar-refractivity contribution in [2.45, 2.75) is 33.4 Å². The highest BCUT2D eigenvalue weighted by atomic mass is 16.2. The second kappa shape index (κ2) is 6.05. The Kier molecular flexibility index (Phi) is 4.89. The highest BCUT2D eigenvalue weighted by Crippen LogP contribution is 2.19. The summed E-state index contributed by atoms with van der Waals surface area (Å²) < 4.78 is 0. The third-order valence-corrected chi connectivity index (χ3v) is 3.23. The molecule has 0 heterocycles. The molecule has 110 valence electrons. The van der Waals surface area contributed by atoms with Crippen LogP contribution in [0.15, 0.2) is 24.3 Å². The van der Waals surface area contributed by atoms with E-state index in [9.17, 15) is 9.59 Å². The summed E-state index contributed by atoms with van der Waals surface area (Å²) in [5, 5.41) is 0. The molecule has 0 saturated heterocycles. The van der Waals surface area contributed by atoms with E-state index in [0.717, 1.165) is 5.56 Å². The Bertz CT molecular complexity index is 489. The molecule has 1 aromatic carbocycles. The Morgan fingerprint density at radius 3 is 2.10 bits per heavy atom. The van der Waals surface area contributed by atoms with Gasteiger partial charge in [-0.25, -0.2) is 0 Å². The van der Waals surface area contributed by atoms with Crippen LogP contribution in [0.4, 0.5) is 0 Å². The topological polar surface area (TPSA) is 89.4 Å². The zero-order valence-corrected chi connectivity index (χ0v) is 12.5. The van der Waals surface area contributed by atoms with Crippen molar-refractivity contribution in [3.05, 3.63) is 35.4 Å². The van der Waals surface area contributed by atoms with Gasteiger partial charge >= 0.3 is 0 Å². The van der Waals surface area contributed by atoms with Crippen molar-refractivity contribution in [3.8, 4) is 0 Å². The molecule has 0 saturated carbocycles. The summed E-state index contributed by atoms with van der Waals surface area (Å²) in [4.78, 5) is 24.8. The molecule has 0 fully saturated rings. The molecule has 0 unspecified atom stereocenters. The fourth-order valence-corrected chi connectivity index (χ4v) is 1.73. The van der Waals surface area contributed by atoms with Gasteiger partial charge in [-0.2, -0.15) is 0 Å². The molecule has 4 N–H and O–H groups in total. The molecule has 1 atom stereocenters. The molecule has 0 aromatic heterocycles. The van der Waals surface area contributed by atoms with Gasteiger partial charge in [0.15, 0.2) is 0 Å². The number of amides is 2. The maximum absolute atomic E-state index is 12.2. The van der Waals surface area contributed by atoms with Gasteiger partial charge < -0.3 is 16.4 Å². The van der Waals surface area contributed by atoms with Crippen LogP contribution in [0.1, 0.15) is 36.7 Å². The minimum atomic E-state index is -0.544. The van der Waals surface area contributed by atoms with E-state index < -0.39 is 11.9 Å². The number of primary amides is 1. The minimum absolute atomic E-state index is 0.100. The zero-order chi connectivity index (χ0) is 15.5. The SMILES string of the molecule is CN(Cc1ccc(C(N)=O)cc1)C(=O)[C@H](N)C(C)(C)C. The van der Waals surface area contributed by atoms with Crippen LogP contribution in [0.25, 0.3) is 0 Å². The van der Waals surface area contributed by atoms with Crippen molar-refractivity contribution in [1.82, 2.24) is 4.90 Å². The highest BCUT2D eigenvalue weighted by Gasteiger charge is 2.29. The third kappa shape index (κ3) is 4.06. The molecular weight excluding hydrogens is 254 g/mol. The van der Waals surface area contributed by atoms with E-state index in [1.165, 1.54) is 0 Å². The number of carbonyl (C=O) groups is 2. The van der Waals surface area contributed by atoms with E-state index in [2.05, 4.69) is 0 Å². The lowest BCUT2D eigenvalue weighted by Crippen LogP contribution is -2.48. The summed E-state index contributed by atoms with van der Waals surface area (Å²) in [6.07, 6.45) is 0. The van der Waals surface area contributed by atoms with Gasteiger partial charge in [-0.1, -0.05) is 32.9 Å². The van der Waals surface area contributed by atoms with E-state index in [-0.39, 0.29) is 11.3 Å². The quantitative estimate of drug-likeness (QED) is 0.864. The van der Waals surface area contributed by atoms with Crippen LogP contribution >= 0.6 is 0 Å². The van der Waals surface area contributed by atoms with Crippen molar-refractivity contribution >= 4 is 11.8 Å². The average molecular weight is 277 g/mol. The van der Waals surface area contributed by atoms with Crippen LogP contribution in [-0.4, -0.2) is 29.8 Å². The lowest BCUT2D eigenvalue weighted by Gasteiger charge is -2.30. The van der Waals surface area contributed by atoms with Gasteiger partial charge in [0.2, 0.25) is 11.8 Å². The van der Waals surface area contributed by atoms with Gasteiger partial charge in [-0.3, -0.25) is 9.59 Å².